The first kappa shape index (κ1) is 25.7. The van der Waals surface area contributed by atoms with Crippen LogP contribution < -0.4 is 0 Å². The van der Waals surface area contributed by atoms with Gasteiger partial charge in [-0.25, -0.2) is 0 Å². The summed E-state index contributed by atoms with van der Waals surface area (Å²) >= 11 is 0. The number of hydrogen-bond acceptors (Lipinski definition) is 2. The molecule has 0 aromatic carbocycles. The predicted octanol–water partition coefficient (Wildman–Crippen LogP) is 8.74. The first-order valence-electron chi connectivity index (χ1n) is 12.8. The van der Waals surface area contributed by atoms with Gasteiger partial charge in [0, 0.05) is 6.61 Å². The summed E-state index contributed by atoms with van der Waals surface area (Å²) in [7, 11) is 0. The highest BCUT2D eigenvalue weighted by Crippen LogP contribution is 2.19. The zero-order valence-electron chi connectivity index (χ0n) is 19.3. The molecule has 0 radical (unpaired) electrons. The summed E-state index contributed by atoms with van der Waals surface area (Å²) in [4.78, 5) is 0. The maximum atomic E-state index is 6.11. The molecule has 1 unspecified atom stereocenters. The van der Waals surface area contributed by atoms with Gasteiger partial charge in [-0.3, -0.25) is 0 Å². The monoisotopic (exact) mass is 394 g/mol. The van der Waals surface area contributed by atoms with Gasteiger partial charge in [0.25, 0.3) is 0 Å². The molecular formula is C26H50O2. The van der Waals surface area contributed by atoms with Crippen molar-refractivity contribution in [2.75, 3.05) is 6.61 Å². The third-order valence-corrected chi connectivity index (χ3v) is 5.98. The fourth-order valence-electron chi connectivity index (χ4n) is 4.02. The Morgan fingerprint density at radius 2 is 1.39 bits per heavy atom. The van der Waals surface area contributed by atoms with Crippen molar-refractivity contribution >= 4 is 0 Å². The highest BCUT2D eigenvalue weighted by molar-refractivity contribution is 4.82. The van der Waals surface area contributed by atoms with Gasteiger partial charge >= 0.3 is 0 Å². The van der Waals surface area contributed by atoms with Gasteiger partial charge in [-0.15, -0.1) is 0 Å². The van der Waals surface area contributed by atoms with Crippen LogP contribution in [0.5, 0.6) is 0 Å². The summed E-state index contributed by atoms with van der Waals surface area (Å²) in [5, 5.41) is 0. The molecule has 2 nitrogen and oxygen atoms in total. The Morgan fingerprint density at radius 1 is 0.786 bits per heavy atom. The highest BCUT2D eigenvalue weighted by atomic mass is 16.7. The van der Waals surface area contributed by atoms with Crippen LogP contribution in [0.25, 0.3) is 0 Å². The minimum absolute atomic E-state index is 0.0590. The molecule has 1 fully saturated rings. The minimum atomic E-state index is 0.0590. The summed E-state index contributed by atoms with van der Waals surface area (Å²) in [5.74, 6) is 0. The van der Waals surface area contributed by atoms with Crippen LogP contribution in [-0.4, -0.2) is 19.0 Å². The van der Waals surface area contributed by atoms with E-state index in [2.05, 4.69) is 26.0 Å². The van der Waals surface area contributed by atoms with Crippen LogP contribution in [0, 0.1) is 0 Å². The zero-order chi connectivity index (χ0) is 20.1. The molecule has 1 rings (SSSR count). The lowest BCUT2D eigenvalue weighted by atomic mass is 10.0. The molecule has 0 aromatic heterocycles. The Labute approximate surface area is 176 Å². The highest BCUT2D eigenvalue weighted by Gasteiger charge is 2.18. The standard InChI is InChI=1S/C26H50O2/c1-3-5-6-7-8-9-10-11-12-13-14-15-16-17-18-19-22-25(4-2)28-26-23-20-21-24-27-26/h17-18,25-26H,3-16,19-24H2,1-2H3/b18-17-/t25?,26-/m1/s1. The van der Waals surface area contributed by atoms with Gasteiger partial charge in [0.2, 0.25) is 0 Å². The van der Waals surface area contributed by atoms with E-state index in [1.54, 1.807) is 0 Å². The summed E-state index contributed by atoms with van der Waals surface area (Å²) in [5.41, 5.74) is 0. The average Bonchev–Trinajstić information content (AvgIpc) is 2.73. The van der Waals surface area contributed by atoms with E-state index in [0.717, 1.165) is 32.3 Å². The second-order valence-electron chi connectivity index (χ2n) is 8.69. The second kappa shape index (κ2) is 20.0. The van der Waals surface area contributed by atoms with Crippen molar-refractivity contribution in [3.8, 4) is 0 Å². The first-order valence-corrected chi connectivity index (χ1v) is 12.8. The molecule has 0 bridgehead atoms. The molecule has 1 heterocycles. The Kier molecular flexibility index (Phi) is 18.3. The van der Waals surface area contributed by atoms with Gasteiger partial charge < -0.3 is 9.47 Å². The normalized spacial score (nSPS) is 18.7. The molecule has 0 saturated carbocycles. The SMILES string of the molecule is CCCCCCCCCCCCCC/C=C\CCC(CC)O[C@@H]1CCCCO1. The van der Waals surface area contributed by atoms with E-state index < -0.39 is 0 Å². The molecule has 0 aromatic rings. The maximum Gasteiger partial charge on any atom is 0.157 e. The van der Waals surface area contributed by atoms with Crippen LogP contribution in [0.2, 0.25) is 0 Å². The fraction of sp³-hybridized carbons (Fsp3) is 0.923. The van der Waals surface area contributed by atoms with E-state index in [0.29, 0.717) is 6.10 Å². The second-order valence-corrected chi connectivity index (χ2v) is 8.69. The van der Waals surface area contributed by atoms with Gasteiger partial charge in [-0.2, -0.15) is 0 Å². The van der Waals surface area contributed by atoms with Crippen LogP contribution in [-0.2, 0) is 9.47 Å². The summed E-state index contributed by atoms with van der Waals surface area (Å²) in [6.07, 6.45) is 30.5. The smallest absolute Gasteiger partial charge is 0.157 e. The number of allylic oxidation sites excluding steroid dienone is 2. The van der Waals surface area contributed by atoms with Crippen molar-refractivity contribution in [2.45, 2.75) is 148 Å². The van der Waals surface area contributed by atoms with Gasteiger partial charge in [-0.05, 0) is 51.4 Å². The van der Waals surface area contributed by atoms with Gasteiger partial charge in [0.1, 0.15) is 0 Å². The quantitative estimate of drug-likeness (QED) is 0.161. The molecule has 0 N–H and O–H groups in total. The molecule has 28 heavy (non-hydrogen) atoms. The van der Waals surface area contributed by atoms with E-state index in [1.165, 1.54) is 96.3 Å². The molecule has 0 spiro atoms. The molecule has 0 aliphatic carbocycles. The Bertz CT molecular complexity index is 333. The van der Waals surface area contributed by atoms with Gasteiger partial charge in [0.05, 0.1) is 6.10 Å². The third kappa shape index (κ3) is 15.6. The molecule has 2 heteroatoms. The van der Waals surface area contributed by atoms with Crippen molar-refractivity contribution in [1.29, 1.82) is 0 Å². The van der Waals surface area contributed by atoms with E-state index >= 15 is 0 Å². The summed E-state index contributed by atoms with van der Waals surface area (Å²) in [6, 6.07) is 0. The van der Waals surface area contributed by atoms with Crippen molar-refractivity contribution in [3.05, 3.63) is 12.2 Å². The van der Waals surface area contributed by atoms with Crippen LogP contribution in [0.3, 0.4) is 0 Å². The lowest BCUT2D eigenvalue weighted by molar-refractivity contribution is -0.189. The number of unbranched alkanes of at least 4 members (excludes halogenated alkanes) is 12. The van der Waals surface area contributed by atoms with Crippen LogP contribution in [0.15, 0.2) is 12.2 Å². The maximum absolute atomic E-state index is 6.11. The fourth-order valence-corrected chi connectivity index (χ4v) is 4.02. The number of hydrogen-bond donors (Lipinski definition) is 0. The van der Waals surface area contributed by atoms with Gasteiger partial charge in [-0.1, -0.05) is 96.6 Å². The lowest BCUT2D eigenvalue weighted by Gasteiger charge is -2.27. The number of rotatable bonds is 19. The third-order valence-electron chi connectivity index (χ3n) is 5.98. The van der Waals surface area contributed by atoms with E-state index in [1.807, 2.05) is 0 Å². The summed E-state index contributed by atoms with van der Waals surface area (Å²) in [6.45, 7) is 5.39. The van der Waals surface area contributed by atoms with Crippen molar-refractivity contribution in [1.82, 2.24) is 0 Å². The van der Waals surface area contributed by atoms with Crippen molar-refractivity contribution < 1.29 is 9.47 Å². The average molecular weight is 395 g/mol. The zero-order valence-corrected chi connectivity index (χ0v) is 19.3. The molecular weight excluding hydrogens is 344 g/mol. The topological polar surface area (TPSA) is 18.5 Å². The predicted molar refractivity (Wildman–Crippen MR) is 123 cm³/mol. The molecule has 1 aliphatic rings. The van der Waals surface area contributed by atoms with Crippen molar-refractivity contribution in [2.24, 2.45) is 0 Å². The molecule has 2 atom stereocenters. The lowest BCUT2D eigenvalue weighted by Crippen LogP contribution is -2.27. The van der Waals surface area contributed by atoms with Gasteiger partial charge in [0.15, 0.2) is 6.29 Å². The Morgan fingerprint density at radius 3 is 1.96 bits per heavy atom. The molecule has 0 amide bonds. The van der Waals surface area contributed by atoms with Crippen LogP contribution >= 0.6 is 0 Å². The van der Waals surface area contributed by atoms with E-state index in [4.69, 9.17) is 9.47 Å². The van der Waals surface area contributed by atoms with Crippen LogP contribution in [0.4, 0.5) is 0 Å². The van der Waals surface area contributed by atoms with E-state index in [-0.39, 0.29) is 6.29 Å². The largest absolute Gasteiger partial charge is 0.353 e. The summed E-state index contributed by atoms with van der Waals surface area (Å²) < 4.78 is 11.8. The Balaban J connectivity index is 1.83. The van der Waals surface area contributed by atoms with Crippen molar-refractivity contribution in [3.63, 3.8) is 0 Å². The first-order chi connectivity index (χ1) is 13.9. The van der Waals surface area contributed by atoms with Crippen LogP contribution in [0.1, 0.15) is 136 Å². The Hall–Kier alpha value is -0.340. The molecule has 1 aliphatic heterocycles. The minimum Gasteiger partial charge on any atom is -0.353 e. The van der Waals surface area contributed by atoms with E-state index in [9.17, 15) is 0 Å². The number of ether oxygens (including phenoxy) is 2. The molecule has 1 saturated heterocycles. The molecule has 166 valence electrons.